The minimum absolute atomic E-state index is 0.333. The maximum absolute atomic E-state index is 13.3. The van der Waals surface area contributed by atoms with Crippen molar-refractivity contribution >= 4 is 34.8 Å². The molecular formula is C25H25BF3NO2. The van der Waals surface area contributed by atoms with Crippen LogP contribution in [0.1, 0.15) is 33.3 Å². The van der Waals surface area contributed by atoms with Crippen molar-refractivity contribution in [1.82, 2.24) is 4.57 Å². The molecule has 3 nitrogen and oxygen atoms in total. The van der Waals surface area contributed by atoms with Gasteiger partial charge in [-0.15, -0.1) is 0 Å². The summed E-state index contributed by atoms with van der Waals surface area (Å²) in [6, 6.07) is 19.1. The molecular weight excluding hydrogens is 414 g/mol. The van der Waals surface area contributed by atoms with Gasteiger partial charge in [-0.3, -0.25) is 0 Å². The van der Waals surface area contributed by atoms with Gasteiger partial charge in [-0.2, -0.15) is 13.2 Å². The van der Waals surface area contributed by atoms with E-state index in [1.807, 2.05) is 66.9 Å². The van der Waals surface area contributed by atoms with Crippen molar-refractivity contribution < 1.29 is 22.9 Å². The smallest absolute Gasteiger partial charge is 0.416 e. The van der Waals surface area contributed by atoms with Gasteiger partial charge < -0.3 is 14.3 Å². The largest absolute Gasteiger partial charge is 0.427 e. The Morgan fingerprint density at radius 3 is 2.06 bits per heavy atom. The summed E-state index contributed by atoms with van der Waals surface area (Å²) in [5.74, 6) is 0. The third-order valence-corrected chi connectivity index (χ3v) is 6.27. The lowest BCUT2D eigenvalue weighted by Gasteiger charge is -2.37. The molecule has 7 heteroatoms. The molecule has 0 atom stereocenters. The first-order chi connectivity index (χ1) is 14.9. The predicted molar refractivity (Wildman–Crippen MR) is 124 cm³/mol. The van der Waals surface area contributed by atoms with Crippen LogP contribution >= 0.6 is 0 Å². The molecule has 0 saturated heterocycles. The van der Waals surface area contributed by atoms with Crippen LogP contribution in [0, 0.1) is 0 Å². The van der Waals surface area contributed by atoms with E-state index in [1.54, 1.807) is 13.8 Å². The minimum atomic E-state index is -4.39. The molecule has 0 amide bonds. The number of alkyl halides is 3. The molecule has 0 radical (unpaired) electrons. The highest BCUT2D eigenvalue weighted by molar-refractivity contribution is 6.47. The maximum atomic E-state index is 13.3. The Hall–Kier alpha value is -2.77. The first-order valence-electron chi connectivity index (χ1n) is 10.4. The van der Waals surface area contributed by atoms with Crippen LogP contribution in [-0.4, -0.2) is 28.4 Å². The second kappa shape index (κ2) is 7.68. The lowest BCUT2D eigenvalue weighted by atomic mass is 9.82. The van der Waals surface area contributed by atoms with Gasteiger partial charge in [-0.25, -0.2) is 0 Å². The van der Waals surface area contributed by atoms with Gasteiger partial charge in [0.1, 0.15) is 0 Å². The number of halogens is 3. The first kappa shape index (κ1) is 22.4. The van der Waals surface area contributed by atoms with Crippen molar-refractivity contribution in [2.45, 2.75) is 45.1 Å². The molecule has 32 heavy (non-hydrogen) atoms. The fraction of sp³-hybridized carbons (Fsp3) is 0.280. The molecule has 1 heterocycles. The van der Waals surface area contributed by atoms with E-state index in [1.165, 1.54) is 12.1 Å². The summed E-state index contributed by atoms with van der Waals surface area (Å²) in [5.41, 5.74) is 0.961. The van der Waals surface area contributed by atoms with Crippen molar-refractivity contribution in [1.29, 1.82) is 0 Å². The molecule has 4 rings (SSSR count). The number of nitrogens with zero attached hydrogens (tertiary/aromatic N) is 1. The van der Waals surface area contributed by atoms with E-state index in [0.29, 0.717) is 18.4 Å². The quantitative estimate of drug-likeness (QED) is 0.426. The van der Waals surface area contributed by atoms with Gasteiger partial charge >= 0.3 is 13.7 Å². The van der Waals surface area contributed by atoms with Crippen molar-refractivity contribution in [3.8, 4) is 5.69 Å². The zero-order chi connectivity index (χ0) is 23.3. The molecule has 0 spiro atoms. The van der Waals surface area contributed by atoms with E-state index in [0.717, 1.165) is 28.1 Å². The number of para-hydroxylation sites is 1. The average Bonchev–Trinajstić information content (AvgIpc) is 3.05. The highest BCUT2D eigenvalue weighted by Crippen LogP contribution is 2.36. The summed E-state index contributed by atoms with van der Waals surface area (Å²) in [6.45, 7) is 7.11. The van der Waals surface area contributed by atoms with Gasteiger partial charge in [0.15, 0.2) is 0 Å². The Morgan fingerprint density at radius 1 is 0.812 bits per heavy atom. The summed E-state index contributed by atoms with van der Waals surface area (Å²) in [5, 5.41) is 11.6. The van der Waals surface area contributed by atoms with Gasteiger partial charge in [0, 0.05) is 16.5 Å². The van der Waals surface area contributed by atoms with Crippen molar-refractivity contribution in [2.24, 2.45) is 0 Å². The Labute approximate surface area is 185 Å². The monoisotopic (exact) mass is 439 g/mol. The molecule has 1 aromatic heterocycles. The summed E-state index contributed by atoms with van der Waals surface area (Å²) in [4.78, 5) is 0. The van der Waals surface area contributed by atoms with Crippen LogP contribution in [-0.2, 0) is 10.8 Å². The van der Waals surface area contributed by atoms with Crippen LogP contribution < -0.4 is 5.46 Å². The van der Waals surface area contributed by atoms with E-state index in [4.69, 9.17) is 4.65 Å². The Kier molecular flexibility index (Phi) is 5.38. The summed E-state index contributed by atoms with van der Waals surface area (Å²) < 4.78 is 47.8. The number of hydrogen-bond donors (Lipinski definition) is 1. The number of aliphatic hydroxyl groups is 1. The molecule has 166 valence electrons. The molecule has 0 aliphatic carbocycles. The predicted octanol–water partition coefficient (Wildman–Crippen LogP) is 5.35. The number of aromatic nitrogens is 1. The van der Waals surface area contributed by atoms with Crippen LogP contribution in [0.3, 0.4) is 0 Å². The van der Waals surface area contributed by atoms with Gasteiger partial charge in [0.2, 0.25) is 0 Å². The van der Waals surface area contributed by atoms with Gasteiger partial charge in [0.05, 0.1) is 27.8 Å². The van der Waals surface area contributed by atoms with Crippen LogP contribution in [0.25, 0.3) is 27.5 Å². The molecule has 1 N–H and O–H groups in total. The Balaban J connectivity index is 1.73. The Morgan fingerprint density at radius 2 is 1.44 bits per heavy atom. The maximum Gasteiger partial charge on any atom is 0.416 e. The zero-order valence-electron chi connectivity index (χ0n) is 18.5. The van der Waals surface area contributed by atoms with Crippen LogP contribution in [0.5, 0.6) is 0 Å². The standard InChI is InChI=1S/C25H25BF3NO2/c1-23(2,31)24(3,4)32-26-17-10-12-18(13-11-17)30-21-8-6-5-7-19(21)20-15-16(25(27,28)29)9-14-22(20)30/h5-15,26,31H,1-4H3. The molecule has 0 aliphatic heterocycles. The normalized spacial score (nSPS) is 13.1. The summed E-state index contributed by atoms with van der Waals surface area (Å²) >= 11 is 0. The average molecular weight is 439 g/mol. The number of hydrogen-bond acceptors (Lipinski definition) is 2. The lowest BCUT2D eigenvalue weighted by Crippen LogP contribution is -2.49. The SMILES string of the molecule is CC(C)(O)C(C)(C)OBc1ccc(-n2c3ccccc3c3cc(C(F)(F)F)ccc32)cc1. The van der Waals surface area contributed by atoms with Crippen LogP contribution in [0.2, 0.25) is 0 Å². The second-order valence-electron chi connectivity index (χ2n) is 9.11. The third kappa shape index (κ3) is 4.03. The van der Waals surface area contributed by atoms with Gasteiger partial charge in [-0.1, -0.05) is 35.8 Å². The van der Waals surface area contributed by atoms with Crippen LogP contribution in [0.15, 0.2) is 66.7 Å². The van der Waals surface area contributed by atoms with Crippen molar-refractivity contribution in [3.05, 3.63) is 72.3 Å². The second-order valence-corrected chi connectivity index (χ2v) is 9.11. The highest BCUT2D eigenvalue weighted by atomic mass is 19.4. The van der Waals surface area contributed by atoms with E-state index in [-0.39, 0.29) is 0 Å². The molecule has 0 unspecified atom stereocenters. The van der Waals surface area contributed by atoms with E-state index in [9.17, 15) is 18.3 Å². The van der Waals surface area contributed by atoms with E-state index in [2.05, 4.69) is 0 Å². The third-order valence-electron chi connectivity index (χ3n) is 6.27. The fourth-order valence-corrected chi connectivity index (χ4v) is 3.61. The molecule has 0 saturated carbocycles. The summed E-state index contributed by atoms with van der Waals surface area (Å²) in [7, 11) is 0.333. The van der Waals surface area contributed by atoms with Crippen molar-refractivity contribution in [3.63, 3.8) is 0 Å². The fourth-order valence-electron chi connectivity index (χ4n) is 3.61. The minimum Gasteiger partial charge on any atom is -0.427 e. The molecule has 4 aromatic rings. The molecule has 0 aliphatic rings. The zero-order valence-corrected chi connectivity index (χ0v) is 18.5. The lowest BCUT2D eigenvalue weighted by molar-refractivity contribution is -0.137. The topological polar surface area (TPSA) is 34.4 Å². The number of benzene rings is 3. The molecule has 0 fully saturated rings. The molecule has 3 aromatic carbocycles. The van der Waals surface area contributed by atoms with Crippen LogP contribution in [0.4, 0.5) is 13.2 Å². The molecule has 0 bridgehead atoms. The van der Waals surface area contributed by atoms with E-state index >= 15 is 0 Å². The van der Waals surface area contributed by atoms with Crippen molar-refractivity contribution in [2.75, 3.05) is 0 Å². The first-order valence-corrected chi connectivity index (χ1v) is 10.4. The summed E-state index contributed by atoms with van der Waals surface area (Å²) in [6.07, 6.45) is -4.39. The van der Waals surface area contributed by atoms with E-state index < -0.39 is 22.9 Å². The van der Waals surface area contributed by atoms with Gasteiger partial charge in [-0.05, 0) is 64.1 Å². The number of fused-ring (bicyclic) bond motifs is 3. The highest BCUT2D eigenvalue weighted by Gasteiger charge is 2.35. The van der Waals surface area contributed by atoms with Gasteiger partial charge in [0.25, 0.3) is 0 Å². The Bertz CT molecular complexity index is 1270. The number of rotatable bonds is 5.